The summed E-state index contributed by atoms with van der Waals surface area (Å²) in [6.45, 7) is 2.37. The normalized spacial score (nSPS) is 15.6. The fourth-order valence-electron chi connectivity index (χ4n) is 2.45. The number of carbonyl (C=O) groups is 1. The maximum atomic E-state index is 11.6. The van der Waals surface area contributed by atoms with Crippen molar-refractivity contribution in [2.45, 2.75) is 25.7 Å². The third kappa shape index (κ3) is 4.42. The molecule has 5 nitrogen and oxygen atoms in total. The number of hydrogen-bond donors (Lipinski definition) is 3. The van der Waals surface area contributed by atoms with Gasteiger partial charge in [0.15, 0.2) is 0 Å². The quantitative estimate of drug-likeness (QED) is 0.790. The summed E-state index contributed by atoms with van der Waals surface area (Å²) in [5.74, 6) is 0. The molecule has 1 aromatic rings. The van der Waals surface area contributed by atoms with Crippen LogP contribution in [0.3, 0.4) is 0 Å². The maximum Gasteiger partial charge on any atom is 0.319 e. The van der Waals surface area contributed by atoms with Gasteiger partial charge in [-0.05, 0) is 31.0 Å². The van der Waals surface area contributed by atoms with Crippen LogP contribution in [-0.4, -0.2) is 37.4 Å². The first-order valence-electron chi connectivity index (χ1n) is 7.30. The summed E-state index contributed by atoms with van der Waals surface area (Å²) in [7, 11) is 0. The molecule has 2 rings (SSSR count). The van der Waals surface area contributed by atoms with E-state index >= 15 is 0 Å². The molecule has 1 fully saturated rings. The number of anilines is 2. The van der Waals surface area contributed by atoms with E-state index in [4.69, 9.17) is 5.11 Å². The lowest BCUT2D eigenvalue weighted by atomic mass is 10.2. The molecule has 2 amide bonds. The minimum Gasteiger partial charge on any atom is -0.395 e. The molecule has 1 aliphatic heterocycles. The van der Waals surface area contributed by atoms with Crippen LogP contribution < -0.4 is 15.5 Å². The molecule has 20 heavy (non-hydrogen) atoms. The van der Waals surface area contributed by atoms with Crippen LogP contribution in [-0.2, 0) is 0 Å². The van der Waals surface area contributed by atoms with Gasteiger partial charge in [0.1, 0.15) is 0 Å². The van der Waals surface area contributed by atoms with Crippen LogP contribution in [0.5, 0.6) is 0 Å². The van der Waals surface area contributed by atoms with Crippen molar-refractivity contribution in [2.75, 3.05) is 36.5 Å². The molecule has 0 bridgehead atoms. The minimum atomic E-state index is -0.285. The van der Waals surface area contributed by atoms with Crippen LogP contribution in [0.2, 0.25) is 0 Å². The number of carbonyl (C=O) groups excluding carboxylic acids is 1. The van der Waals surface area contributed by atoms with E-state index in [0.29, 0.717) is 0 Å². The van der Waals surface area contributed by atoms with E-state index < -0.39 is 0 Å². The summed E-state index contributed by atoms with van der Waals surface area (Å²) in [4.78, 5) is 13.9. The molecular weight excluding hydrogens is 254 g/mol. The Morgan fingerprint density at radius 3 is 2.65 bits per heavy atom. The van der Waals surface area contributed by atoms with Crippen LogP contribution >= 0.6 is 0 Å². The number of benzene rings is 1. The van der Waals surface area contributed by atoms with Crippen LogP contribution in [0.15, 0.2) is 24.3 Å². The van der Waals surface area contributed by atoms with E-state index in [1.54, 1.807) is 0 Å². The lowest BCUT2D eigenvalue weighted by molar-refractivity contribution is 0.245. The smallest absolute Gasteiger partial charge is 0.319 e. The van der Waals surface area contributed by atoms with Crippen LogP contribution in [0.1, 0.15) is 25.7 Å². The maximum absolute atomic E-state index is 11.6. The largest absolute Gasteiger partial charge is 0.395 e. The Morgan fingerprint density at radius 2 is 1.95 bits per heavy atom. The Labute approximate surface area is 120 Å². The number of nitrogens with zero attached hydrogens (tertiary/aromatic N) is 1. The molecule has 1 aromatic carbocycles. The van der Waals surface area contributed by atoms with Crippen LogP contribution in [0.4, 0.5) is 16.2 Å². The number of nitrogens with one attached hydrogen (secondary N) is 2. The molecule has 3 N–H and O–H groups in total. The zero-order chi connectivity index (χ0) is 14.2. The molecule has 0 atom stereocenters. The van der Waals surface area contributed by atoms with Gasteiger partial charge in [0.25, 0.3) is 0 Å². The Kier molecular flexibility index (Phi) is 5.68. The second kappa shape index (κ2) is 7.75. The van der Waals surface area contributed by atoms with Gasteiger partial charge in [0.05, 0.1) is 6.61 Å². The summed E-state index contributed by atoms with van der Waals surface area (Å²) in [6, 6.07) is 7.64. The number of amides is 2. The van der Waals surface area contributed by atoms with Crippen molar-refractivity contribution in [3.05, 3.63) is 24.3 Å². The molecule has 0 unspecified atom stereocenters. The van der Waals surface area contributed by atoms with Crippen molar-refractivity contribution in [1.82, 2.24) is 5.32 Å². The summed E-state index contributed by atoms with van der Waals surface area (Å²) < 4.78 is 0. The Hall–Kier alpha value is -1.75. The van der Waals surface area contributed by atoms with E-state index in [1.165, 1.54) is 25.7 Å². The number of aliphatic hydroxyl groups is 1. The van der Waals surface area contributed by atoms with E-state index in [1.807, 2.05) is 18.2 Å². The number of hydrogen-bond acceptors (Lipinski definition) is 3. The highest BCUT2D eigenvalue weighted by Crippen LogP contribution is 2.22. The number of rotatable bonds is 4. The van der Waals surface area contributed by atoms with E-state index in [9.17, 15) is 4.79 Å². The third-order valence-corrected chi connectivity index (χ3v) is 3.47. The van der Waals surface area contributed by atoms with E-state index in [2.05, 4.69) is 21.6 Å². The highest BCUT2D eigenvalue weighted by atomic mass is 16.3. The van der Waals surface area contributed by atoms with Gasteiger partial charge in [0, 0.05) is 31.0 Å². The van der Waals surface area contributed by atoms with Gasteiger partial charge in [-0.2, -0.15) is 0 Å². The molecule has 110 valence electrons. The summed E-state index contributed by atoms with van der Waals surface area (Å²) >= 11 is 0. The highest BCUT2D eigenvalue weighted by Gasteiger charge is 2.10. The second-order valence-electron chi connectivity index (χ2n) is 5.06. The first kappa shape index (κ1) is 14.7. The van der Waals surface area contributed by atoms with Crippen molar-refractivity contribution in [3.63, 3.8) is 0 Å². The molecule has 1 heterocycles. The van der Waals surface area contributed by atoms with Gasteiger partial charge in [-0.3, -0.25) is 0 Å². The molecule has 0 radical (unpaired) electrons. The van der Waals surface area contributed by atoms with E-state index in [0.717, 1.165) is 24.5 Å². The minimum absolute atomic E-state index is 0.0543. The molecule has 0 aromatic heterocycles. The highest BCUT2D eigenvalue weighted by molar-refractivity contribution is 5.89. The van der Waals surface area contributed by atoms with Gasteiger partial charge in [-0.15, -0.1) is 0 Å². The monoisotopic (exact) mass is 277 g/mol. The molecular formula is C15H23N3O2. The lowest BCUT2D eigenvalue weighted by Gasteiger charge is -2.23. The zero-order valence-electron chi connectivity index (χ0n) is 11.8. The molecule has 0 saturated carbocycles. The van der Waals surface area contributed by atoms with Crippen LogP contribution in [0.25, 0.3) is 0 Å². The standard InChI is InChI=1S/C15H23N3O2/c19-11-8-16-15(20)17-13-6-5-7-14(12-13)18-9-3-1-2-4-10-18/h5-7,12,19H,1-4,8-11H2,(H2,16,17,20). The first-order chi connectivity index (χ1) is 9.79. The third-order valence-electron chi connectivity index (χ3n) is 3.47. The number of urea groups is 1. The van der Waals surface area contributed by atoms with Crippen molar-refractivity contribution in [3.8, 4) is 0 Å². The van der Waals surface area contributed by atoms with Crippen LogP contribution in [0, 0.1) is 0 Å². The molecule has 0 spiro atoms. The van der Waals surface area contributed by atoms with Crippen molar-refractivity contribution in [2.24, 2.45) is 0 Å². The van der Waals surface area contributed by atoms with Crippen molar-refractivity contribution >= 4 is 17.4 Å². The molecule has 5 heteroatoms. The van der Waals surface area contributed by atoms with E-state index in [-0.39, 0.29) is 19.2 Å². The Bertz CT molecular complexity index is 429. The molecule has 0 aliphatic carbocycles. The van der Waals surface area contributed by atoms with Gasteiger partial charge >= 0.3 is 6.03 Å². The van der Waals surface area contributed by atoms with Crippen molar-refractivity contribution in [1.29, 1.82) is 0 Å². The fourth-order valence-corrected chi connectivity index (χ4v) is 2.45. The van der Waals surface area contributed by atoms with Gasteiger partial charge in [0.2, 0.25) is 0 Å². The molecule has 1 saturated heterocycles. The predicted molar refractivity (Wildman–Crippen MR) is 81.2 cm³/mol. The fraction of sp³-hybridized carbons (Fsp3) is 0.533. The summed E-state index contributed by atoms with van der Waals surface area (Å²) in [6.07, 6.45) is 5.07. The lowest BCUT2D eigenvalue weighted by Crippen LogP contribution is -2.31. The second-order valence-corrected chi connectivity index (χ2v) is 5.06. The number of aliphatic hydroxyl groups excluding tert-OH is 1. The van der Waals surface area contributed by atoms with Gasteiger partial charge in [-0.25, -0.2) is 4.79 Å². The SMILES string of the molecule is O=C(NCCO)Nc1cccc(N2CCCCCC2)c1. The predicted octanol–water partition coefficient (Wildman–Crippen LogP) is 2.18. The zero-order valence-corrected chi connectivity index (χ0v) is 11.8. The van der Waals surface area contributed by atoms with Gasteiger partial charge < -0.3 is 20.6 Å². The van der Waals surface area contributed by atoms with Crippen molar-refractivity contribution < 1.29 is 9.90 Å². The first-order valence-corrected chi connectivity index (χ1v) is 7.30. The Morgan fingerprint density at radius 1 is 1.20 bits per heavy atom. The summed E-state index contributed by atoms with van der Waals surface area (Å²) in [5, 5.41) is 14.0. The summed E-state index contributed by atoms with van der Waals surface area (Å²) in [5.41, 5.74) is 1.94. The molecule has 1 aliphatic rings. The van der Waals surface area contributed by atoms with Gasteiger partial charge in [-0.1, -0.05) is 18.9 Å². The average Bonchev–Trinajstić information content (AvgIpc) is 2.74. The topological polar surface area (TPSA) is 64.6 Å². The Balaban J connectivity index is 1.97. The average molecular weight is 277 g/mol.